The van der Waals surface area contributed by atoms with Crippen molar-refractivity contribution >= 4 is 32.8 Å². The van der Waals surface area contributed by atoms with E-state index in [1.165, 1.54) is 0 Å². The van der Waals surface area contributed by atoms with Crippen molar-refractivity contribution in [3.8, 4) is 5.75 Å². The number of hydrogen-bond donors (Lipinski definition) is 1. The summed E-state index contributed by atoms with van der Waals surface area (Å²) in [6, 6.07) is 7.24. The molecule has 0 bridgehead atoms. The van der Waals surface area contributed by atoms with Gasteiger partial charge in [0.05, 0.1) is 24.7 Å². The van der Waals surface area contributed by atoms with Crippen molar-refractivity contribution < 1.29 is 14.6 Å². The van der Waals surface area contributed by atoms with Crippen molar-refractivity contribution in [3.05, 3.63) is 34.4 Å². The fraction of sp³-hybridized carbons (Fsp3) is 0.167. The molecule has 17 heavy (non-hydrogen) atoms. The summed E-state index contributed by atoms with van der Waals surface area (Å²) in [4.78, 5) is 15.0. The van der Waals surface area contributed by atoms with Gasteiger partial charge in [0.1, 0.15) is 5.75 Å². The molecule has 0 fully saturated rings. The quantitative estimate of drug-likeness (QED) is 0.946. The molecule has 2 aromatic rings. The first kappa shape index (κ1) is 11.9. The third kappa shape index (κ3) is 2.55. The molecular formula is C12H10BrNO3. The molecule has 88 valence electrons. The minimum Gasteiger partial charge on any atom is -0.496 e. The molecule has 0 amide bonds. The molecule has 1 aromatic carbocycles. The van der Waals surface area contributed by atoms with Gasteiger partial charge in [0, 0.05) is 15.9 Å². The number of rotatable bonds is 3. The average molecular weight is 296 g/mol. The highest BCUT2D eigenvalue weighted by Crippen LogP contribution is 2.28. The van der Waals surface area contributed by atoms with Crippen LogP contribution in [0, 0.1) is 0 Å². The Bertz CT molecular complexity index is 583. The van der Waals surface area contributed by atoms with Crippen LogP contribution in [0.3, 0.4) is 0 Å². The van der Waals surface area contributed by atoms with E-state index < -0.39 is 5.97 Å². The van der Waals surface area contributed by atoms with Gasteiger partial charge in [0.15, 0.2) is 0 Å². The summed E-state index contributed by atoms with van der Waals surface area (Å²) in [5, 5.41) is 9.62. The number of aliphatic carboxylic acids is 1. The normalized spacial score (nSPS) is 10.5. The van der Waals surface area contributed by atoms with Crippen LogP contribution in [0.1, 0.15) is 5.69 Å². The number of nitrogens with zero attached hydrogens (tertiary/aromatic N) is 1. The number of halogens is 1. The van der Waals surface area contributed by atoms with Crippen LogP contribution in [-0.2, 0) is 11.2 Å². The van der Waals surface area contributed by atoms with Crippen molar-refractivity contribution in [1.29, 1.82) is 0 Å². The number of carboxylic acid groups (broad SMARTS) is 1. The summed E-state index contributed by atoms with van der Waals surface area (Å²) >= 11 is 3.38. The first-order chi connectivity index (χ1) is 8.10. The zero-order valence-corrected chi connectivity index (χ0v) is 10.7. The van der Waals surface area contributed by atoms with E-state index in [1.807, 2.05) is 18.2 Å². The lowest BCUT2D eigenvalue weighted by atomic mass is 10.1. The van der Waals surface area contributed by atoms with Crippen LogP contribution >= 0.6 is 15.9 Å². The summed E-state index contributed by atoms with van der Waals surface area (Å²) in [6.45, 7) is 0. The van der Waals surface area contributed by atoms with Crippen molar-refractivity contribution in [2.45, 2.75) is 6.42 Å². The molecule has 2 rings (SSSR count). The Labute approximate surface area is 106 Å². The first-order valence-electron chi connectivity index (χ1n) is 4.95. The van der Waals surface area contributed by atoms with Gasteiger partial charge in [-0.25, -0.2) is 0 Å². The molecule has 0 radical (unpaired) electrons. The van der Waals surface area contributed by atoms with Crippen molar-refractivity contribution in [2.24, 2.45) is 0 Å². The molecule has 0 aliphatic carbocycles. The summed E-state index contributed by atoms with van der Waals surface area (Å²) in [5.74, 6) is -0.274. The molecule has 0 spiro atoms. The van der Waals surface area contributed by atoms with Crippen molar-refractivity contribution in [2.75, 3.05) is 7.11 Å². The van der Waals surface area contributed by atoms with E-state index in [4.69, 9.17) is 9.84 Å². The highest BCUT2D eigenvalue weighted by atomic mass is 79.9. The number of aromatic nitrogens is 1. The molecule has 1 heterocycles. The van der Waals surface area contributed by atoms with Crippen molar-refractivity contribution in [1.82, 2.24) is 4.98 Å². The maximum absolute atomic E-state index is 10.7. The Morgan fingerprint density at radius 1 is 1.47 bits per heavy atom. The number of ether oxygens (including phenoxy) is 1. The Balaban J connectivity index is 2.61. The maximum Gasteiger partial charge on any atom is 0.309 e. The van der Waals surface area contributed by atoms with Gasteiger partial charge in [-0.2, -0.15) is 0 Å². The zero-order valence-electron chi connectivity index (χ0n) is 9.11. The van der Waals surface area contributed by atoms with Gasteiger partial charge >= 0.3 is 5.97 Å². The van der Waals surface area contributed by atoms with E-state index in [2.05, 4.69) is 20.9 Å². The molecule has 0 atom stereocenters. The Morgan fingerprint density at radius 3 is 2.88 bits per heavy atom. The van der Waals surface area contributed by atoms with Crippen LogP contribution in [-0.4, -0.2) is 23.2 Å². The second-order valence-corrected chi connectivity index (χ2v) is 4.46. The van der Waals surface area contributed by atoms with E-state index in [9.17, 15) is 4.79 Å². The fourth-order valence-corrected chi connectivity index (χ4v) is 1.99. The third-order valence-electron chi connectivity index (χ3n) is 2.34. The Morgan fingerprint density at radius 2 is 2.24 bits per heavy atom. The van der Waals surface area contributed by atoms with Crippen LogP contribution in [0.25, 0.3) is 10.9 Å². The molecule has 0 saturated heterocycles. The lowest BCUT2D eigenvalue weighted by Crippen LogP contribution is -2.03. The van der Waals surface area contributed by atoms with Gasteiger partial charge < -0.3 is 9.84 Å². The SMILES string of the molecule is COc1cc(CC(=O)O)nc2ccc(Br)cc12. The van der Waals surface area contributed by atoms with E-state index >= 15 is 0 Å². The van der Waals surface area contributed by atoms with E-state index in [0.29, 0.717) is 11.4 Å². The predicted molar refractivity (Wildman–Crippen MR) is 67.3 cm³/mol. The second-order valence-electron chi connectivity index (χ2n) is 3.55. The van der Waals surface area contributed by atoms with Gasteiger partial charge in [-0.3, -0.25) is 9.78 Å². The highest BCUT2D eigenvalue weighted by Gasteiger charge is 2.09. The average Bonchev–Trinajstić information content (AvgIpc) is 2.27. The molecule has 1 N–H and O–H groups in total. The number of carboxylic acids is 1. The maximum atomic E-state index is 10.7. The molecule has 0 unspecified atom stereocenters. The van der Waals surface area contributed by atoms with E-state index in [0.717, 1.165) is 15.4 Å². The van der Waals surface area contributed by atoms with Gasteiger partial charge in [0.2, 0.25) is 0 Å². The molecule has 0 aliphatic rings. The lowest BCUT2D eigenvalue weighted by molar-refractivity contribution is -0.136. The largest absolute Gasteiger partial charge is 0.496 e. The van der Waals surface area contributed by atoms with Crippen LogP contribution in [0.2, 0.25) is 0 Å². The van der Waals surface area contributed by atoms with E-state index in [-0.39, 0.29) is 6.42 Å². The number of fused-ring (bicyclic) bond motifs is 1. The standard InChI is InChI=1S/C12H10BrNO3/c1-17-11-5-8(6-12(15)16)14-10-3-2-7(13)4-9(10)11/h2-5H,6H2,1H3,(H,15,16). The van der Waals surface area contributed by atoms with Crippen LogP contribution < -0.4 is 4.74 Å². The summed E-state index contributed by atoms with van der Waals surface area (Å²) in [6.07, 6.45) is -0.109. The number of pyridine rings is 1. The van der Waals surface area contributed by atoms with Gasteiger partial charge in [-0.15, -0.1) is 0 Å². The molecular weight excluding hydrogens is 286 g/mol. The second kappa shape index (κ2) is 4.71. The third-order valence-corrected chi connectivity index (χ3v) is 2.83. The predicted octanol–water partition coefficient (Wildman–Crippen LogP) is 2.63. The van der Waals surface area contributed by atoms with Gasteiger partial charge in [-0.1, -0.05) is 15.9 Å². The summed E-state index contributed by atoms with van der Waals surface area (Å²) < 4.78 is 6.18. The Kier molecular flexibility index (Phi) is 3.28. The minimum atomic E-state index is -0.906. The molecule has 1 aromatic heterocycles. The number of benzene rings is 1. The number of hydrogen-bond acceptors (Lipinski definition) is 3. The molecule has 4 nitrogen and oxygen atoms in total. The first-order valence-corrected chi connectivity index (χ1v) is 5.74. The smallest absolute Gasteiger partial charge is 0.309 e. The van der Waals surface area contributed by atoms with E-state index in [1.54, 1.807) is 13.2 Å². The number of carbonyl (C=O) groups is 1. The monoisotopic (exact) mass is 295 g/mol. The fourth-order valence-electron chi connectivity index (χ4n) is 1.63. The molecule has 0 aliphatic heterocycles. The Hall–Kier alpha value is -1.62. The van der Waals surface area contributed by atoms with Crippen LogP contribution in [0.4, 0.5) is 0 Å². The van der Waals surface area contributed by atoms with Crippen LogP contribution in [0.15, 0.2) is 28.7 Å². The zero-order chi connectivity index (χ0) is 12.4. The van der Waals surface area contributed by atoms with Crippen LogP contribution in [0.5, 0.6) is 5.75 Å². The van der Waals surface area contributed by atoms with Gasteiger partial charge in [-0.05, 0) is 18.2 Å². The molecule has 5 heteroatoms. The topological polar surface area (TPSA) is 59.4 Å². The molecule has 0 saturated carbocycles. The highest BCUT2D eigenvalue weighted by molar-refractivity contribution is 9.10. The lowest BCUT2D eigenvalue weighted by Gasteiger charge is -2.07. The van der Waals surface area contributed by atoms with Gasteiger partial charge in [0.25, 0.3) is 0 Å². The minimum absolute atomic E-state index is 0.109. The summed E-state index contributed by atoms with van der Waals surface area (Å²) in [7, 11) is 1.56. The van der Waals surface area contributed by atoms with Crippen molar-refractivity contribution in [3.63, 3.8) is 0 Å². The number of methoxy groups -OCH3 is 1. The summed E-state index contributed by atoms with van der Waals surface area (Å²) in [5.41, 5.74) is 1.22.